The summed E-state index contributed by atoms with van der Waals surface area (Å²) < 4.78 is 5.50. The molecule has 3 N–H and O–H groups in total. The Labute approximate surface area is 209 Å². The molecule has 0 aliphatic carbocycles. The number of hydrogen-bond acceptors (Lipinski definition) is 5. The summed E-state index contributed by atoms with van der Waals surface area (Å²) in [5.74, 6) is -0.270. The van der Waals surface area contributed by atoms with Crippen molar-refractivity contribution in [1.82, 2.24) is 9.88 Å². The number of methoxy groups -OCH3 is 1. The summed E-state index contributed by atoms with van der Waals surface area (Å²) in [5.41, 5.74) is 3.72. The zero-order valence-corrected chi connectivity index (χ0v) is 20.0. The number of carboxylic acids is 1. The first-order chi connectivity index (χ1) is 17.5. The van der Waals surface area contributed by atoms with Crippen LogP contribution < -0.4 is 15.0 Å². The van der Waals surface area contributed by atoms with E-state index in [9.17, 15) is 14.7 Å². The molecule has 1 aliphatic heterocycles. The molecule has 1 unspecified atom stereocenters. The van der Waals surface area contributed by atoms with Crippen LogP contribution in [0.3, 0.4) is 0 Å². The minimum atomic E-state index is -0.886. The molecule has 1 aliphatic rings. The van der Waals surface area contributed by atoms with Crippen molar-refractivity contribution in [2.75, 3.05) is 43.5 Å². The highest BCUT2D eigenvalue weighted by Gasteiger charge is 2.32. The van der Waals surface area contributed by atoms with Crippen LogP contribution in [0.5, 0.6) is 5.75 Å². The maximum Gasteiger partial charge on any atom is 0.325 e. The van der Waals surface area contributed by atoms with Gasteiger partial charge in [-0.1, -0.05) is 36.4 Å². The number of anilines is 2. The Morgan fingerprint density at radius 3 is 2.42 bits per heavy atom. The maximum atomic E-state index is 12.5. The lowest BCUT2D eigenvalue weighted by atomic mass is 10.0. The third-order valence-electron chi connectivity index (χ3n) is 6.64. The van der Waals surface area contributed by atoms with Crippen LogP contribution in [-0.4, -0.2) is 60.2 Å². The topological polar surface area (TPSA) is 97.9 Å². The number of aromatic nitrogens is 1. The fraction of sp³-hybridized carbons (Fsp3) is 0.214. The van der Waals surface area contributed by atoms with Gasteiger partial charge in [0, 0.05) is 60.1 Å². The minimum Gasteiger partial charge on any atom is -0.495 e. The quantitative estimate of drug-likeness (QED) is 0.360. The van der Waals surface area contributed by atoms with E-state index in [1.807, 2.05) is 59.5 Å². The lowest BCUT2D eigenvalue weighted by Crippen LogP contribution is -2.49. The van der Waals surface area contributed by atoms with E-state index in [0.717, 1.165) is 22.3 Å². The number of aliphatic carboxylic acids is 1. The van der Waals surface area contributed by atoms with Gasteiger partial charge < -0.3 is 25.0 Å². The molecule has 2 heterocycles. The summed E-state index contributed by atoms with van der Waals surface area (Å²) in [6.07, 6.45) is 1.76. The minimum absolute atomic E-state index is 0.196. The number of nitrogens with zero attached hydrogens (tertiary/aromatic N) is 2. The van der Waals surface area contributed by atoms with Crippen molar-refractivity contribution >= 4 is 34.2 Å². The van der Waals surface area contributed by atoms with E-state index in [-0.39, 0.29) is 5.91 Å². The lowest BCUT2D eigenvalue weighted by Gasteiger charge is -2.39. The third kappa shape index (κ3) is 4.63. The van der Waals surface area contributed by atoms with Crippen LogP contribution in [0.2, 0.25) is 0 Å². The van der Waals surface area contributed by atoms with E-state index in [1.54, 1.807) is 31.5 Å². The van der Waals surface area contributed by atoms with Crippen molar-refractivity contribution in [2.24, 2.45) is 0 Å². The number of carboxylic acid groups (broad SMARTS) is 1. The highest BCUT2D eigenvalue weighted by Crippen LogP contribution is 2.33. The SMILES string of the molecule is COc1ccccc1N1CCN(C(C(=O)O)c2c[nH]c3cc(NC(=O)c4ccccc4)ccc23)CC1. The molecule has 0 radical (unpaired) electrons. The first-order valence-electron chi connectivity index (χ1n) is 11.9. The van der Waals surface area contributed by atoms with Crippen molar-refractivity contribution in [3.8, 4) is 5.75 Å². The highest BCUT2D eigenvalue weighted by atomic mass is 16.5. The molecular formula is C28H28N4O4. The van der Waals surface area contributed by atoms with Gasteiger partial charge in [0.15, 0.2) is 0 Å². The standard InChI is InChI=1S/C28H28N4O4/c1-36-25-10-6-5-9-24(25)31-13-15-32(16-14-31)26(28(34)35)22-18-29-23-17-20(11-12-21(22)23)30-27(33)19-7-3-2-4-8-19/h2-12,17-18,26,29H,13-16H2,1H3,(H,30,33)(H,34,35). The predicted octanol–water partition coefficient (Wildman–Crippen LogP) is 4.38. The second-order valence-electron chi connectivity index (χ2n) is 8.76. The molecule has 4 aromatic rings. The zero-order chi connectivity index (χ0) is 25.1. The second-order valence-corrected chi connectivity index (χ2v) is 8.76. The van der Waals surface area contributed by atoms with Gasteiger partial charge in [-0.2, -0.15) is 0 Å². The van der Waals surface area contributed by atoms with E-state index < -0.39 is 12.0 Å². The summed E-state index contributed by atoms with van der Waals surface area (Å²) in [4.78, 5) is 32.4. The number of aromatic amines is 1. The number of hydrogen-bond donors (Lipinski definition) is 3. The number of piperazine rings is 1. The van der Waals surface area contributed by atoms with Crippen molar-refractivity contribution < 1.29 is 19.4 Å². The van der Waals surface area contributed by atoms with E-state index >= 15 is 0 Å². The molecule has 184 valence electrons. The maximum absolute atomic E-state index is 12.5. The normalized spacial score (nSPS) is 15.0. The number of fused-ring (bicyclic) bond motifs is 1. The van der Waals surface area contributed by atoms with Gasteiger partial charge in [0.2, 0.25) is 0 Å². The number of carbonyl (C=O) groups is 2. The van der Waals surface area contributed by atoms with Crippen LogP contribution in [0.1, 0.15) is 22.0 Å². The van der Waals surface area contributed by atoms with Gasteiger partial charge in [-0.15, -0.1) is 0 Å². The number of carbonyl (C=O) groups excluding carboxylic acids is 1. The Morgan fingerprint density at radius 2 is 1.69 bits per heavy atom. The molecule has 8 nitrogen and oxygen atoms in total. The molecule has 0 spiro atoms. The second kappa shape index (κ2) is 10.1. The number of nitrogens with one attached hydrogen (secondary N) is 2. The molecule has 0 bridgehead atoms. The van der Waals surface area contributed by atoms with Gasteiger partial charge in [0.1, 0.15) is 11.8 Å². The van der Waals surface area contributed by atoms with Gasteiger partial charge in [0.05, 0.1) is 12.8 Å². The average Bonchev–Trinajstić information content (AvgIpc) is 3.32. The van der Waals surface area contributed by atoms with E-state index in [1.165, 1.54) is 0 Å². The predicted molar refractivity (Wildman–Crippen MR) is 140 cm³/mol. The van der Waals surface area contributed by atoms with Crippen LogP contribution in [0, 0.1) is 0 Å². The monoisotopic (exact) mass is 484 g/mol. The number of para-hydroxylation sites is 2. The molecule has 0 saturated carbocycles. The fourth-order valence-electron chi connectivity index (χ4n) is 4.84. The van der Waals surface area contributed by atoms with E-state index in [4.69, 9.17) is 4.74 Å². The smallest absolute Gasteiger partial charge is 0.325 e. The first-order valence-corrected chi connectivity index (χ1v) is 11.9. The van der Waals surface area contributed by atoms with Crippen LogP contribution in [-0.2, 0) is 4.79 Å². The number of amides is 1. The summed E-state index contributed by atoms with van der Waals surface area (Å²) >= 11 is 0. The van der Waals surface area contributed by atoms with E-state index in [0.29, 0.717) is 43.0 Å². The molecule has 3 aromatic carbocycles. The number of ether oxygens (including phenoxy) is 1. The van der Waals surface area contributed by atoms with Crippen molar-refractivity contribution in [2.45, 2.75) is 6.04 Å². The summed E-state index contributed by atoms with van der Waals surface area (Å²) in [6.45, 7) is 2.60. The number of benzene rings is 3. The first kappa shape index (κ1) is 23.4. The largest absolute Gasteiger partial charge is 0.495 e. The molecule has 8 heteroatoms. The Bertz CT molecular complexity index is 1380. The van der Waals surface area contributed by atoms with Crippen molar-refractivity contribution in [1.29, 1.82) is 0 Å². The molecule has 1 fully saturated rings. The number of rotatable bonds is 7. The molecule has 36 heavy (non-hydrogen) atoms. The number of H-pyrrole nitrogens is 1. The van der Waals surface area contributed by atoms with Gasteiger partial charge in [-0.25, -0.2) is 0 Å². The third-order valence-corrected chi connectivity index (χ3v) is 6.64. The van der Waals surface area contributed by atoms with E-state index in [2.05, 4.69) is 15.2 Å². The molecule has 1 atom stereocenters. The zero-order valence-electron chi connectivity index (χ0n) is 20.0. The van der Waals surface area contributed by atoms with Crippen molar-refractivity contribution in [3.05, 3.63) is 90.1 Å². The highest BCUT2D eigenvalue weighted by molar-refractivity contribution is 6.05. The molecule has 1 amide bonds. The Morgan fingerprint density at radius 1 is 0.972 bits per heavy atom. The summed E-state index contributed by atoms with van der Waals surface area (Å²) in [5, 5.41) is 13.9. The summed E-state index contributed by atoms with van der Waals surface area (Å²) in [7, 11) is 1.66. The Hall–Kier alpha value is -4.30. The van der Waals surface area contributed by atoms with Gasteiger partial charge in [-0.3, -0.25) is 14.5 Å². The fourth-order valence-corrected chi connectivity index (χ4v) is 4.84. The average molecular weight is 485 g/mol. The molecular weight excluding hydrogens is 456 g/mol. The summed E-state index contributed by atoms with van der Waals surface area (Å²) in [6, 6.07) is 21.6. The van der Waals surface area contributed by atoms with Gasteiger partial charge in [-0.05, 0) is 36.4 Å². The van der Waals surface area contributed by atoms with Crippen LogP contribution in [0.15, 0.2) is 79.0 Å². The van der Waals surface area contributed by atoms with Crippen molar-refractivity contribution in [3.63, 3.8) is 0 Å². The van der Waals surface area contributed by atoms with Gasteiger partial charge >= 0.3 is 5.97 Å². The van der Waals surface area contributed by atoms with Gasteiger partial charge in [0.25, 0.3) is 5.91 Å². The molecule has 5 rings (SSSR count). The lowest BCUT2D eigenvalue weighted by molar-refractivity contribution is -0.143. The molecule has 1 aromatic heterocycles. The van der Waals surface area contributed by atoms with Crippen LogP contribution in [0.4, 0.5) is 11.4 Å². The van der Waals surface area contributed by atoms with Crippen LogP contribution >= 0.6 is 0 Å². The Kier molecular flexibility index (Phi) is 6.60. The van der Waals surface area contributed by atoms with Crippen LogP contribution in [0.25, 0.3) is 10.9 Å². The molecule has 1 saturated heterocycles. The Balaban J connectivity index is 1.33.